The lowest BCUT2D eigenvalue weighted by Gasteiger charge is -2.26. The zero-order valence-corrected chi connectivity index (χ0v) is 8.75. The van der Waals surface area contributed by atoms with Crippen LogP contribution in [0.1, 0.15) is 20.3 Å². The molecule has 0 amide bonds. The van der Waals surface area contributed by atoms with Gasteiger partial charge in [-0.2, -0.15) is 0 Å². The SMILES string of the molecule is CCCN(CC)C(CN)C(=O)OC. The fraction of sp³-hybridized carbons (Fsp3) is 0.889. The molecule has 0 aliphatic carbocycles. The maximum absolute atomic E-state index is 11.3. The van der Waals surface area contributed by atoms with Gasteiger partial charge in [0.25, 0.3) is 0 Å². The normalized spacial score (nSPS) is 13.0. The third-order valence-electron chi connectivity index (χ3n) is 2.05. The number of nitrogens with zero attached hydrogens (tertiary/aromatic N) is 1. The lowest BCUT2D eigenvalue weighted by molar-refractivity contribution is -0.146. The zero-order chi connectivity index (χ0) is 10.3. The molecule has 13 heavy (non-hydrogen) atoms. The van der Waals surface area contributed by atoms with Crippen LogP contribution in [0.2, 0.25) is 0 Å². The van der Waals surface area contributed by atoms with Gasteiger partial charge in [0.2, 0.25) is 0 Å². The van der Waals surface area contributed by atoms with E-state index in [1.807, 2.05) is 11.8 Å². The Balaban J connectivity index is 4.23. The molecule has 4 nitrogen and oxygen atoms in total. The van der Waals surface area contributed by atoms with Crippen LogP contribution in [0.25, 0.3) is 0 Å². The Kier molecular flexibility index (Phi) is 6.54. The highest BCUT2D eigenvalue weighted by Crippen LogP contribution is 2.01. The molecule has 0 aromatic rings. The number of rotatable bonds is 6. The van der Waals surface area contributed by atoms with E-state index in [1.54, 1.807) is 0 Å². The summed E-state index contributed by atoms with van der Waals surface area (Å²) in [6.07, 6.45) is 1.02. The molecule has 0 spiro atoms. The van der Waals surface area contributed by atoms with Gasteiger partial charge in [-0.25, -0.2) is 0 Å². The molecule has 1 unspecified atom stereocenters. The highest BCUT2D eigenvalue weighted by atomic mass is 16.5. The van der Waals surface area contributed by atoms with Crippen LogP contribution in [-0.2, 0) is 9.53 Å². The Morgan fingerprint density at radius 3 is 2.46 bits per heavy atom. The van der Waals surface area contributed by atoms with Crippen molar-refractivity contribution >= 4 is 5.97 Å². The molecule has 0 fully saturated rings. The lowest BCUT2D eigenvalue weighted by atomic mass is 10.2. The fourth-order valence-electron chi connectivity index (χ4n) is 1.35. The summed E-state index contributed by atoms with van der Waals surface area (Å²) in [6.45, 7) is 6.12. The van der Waals surface area contributed by atoms with E-state index in [0.717, 1.165) is 19.5 Å². The van der Waals surface area contributed by atoms with E-state index >= 15 is 0 Å². The Hall–Kier alpha value is -0.610. The van der Waals surface area contributed by atoms with E-state index in [9.17, 15) is 4.79 Å². The third-order valence-corrected chi connectivity index (χ3v) is 2.05. The highest BCUT2D eigenvalue weighted by Gasteiger charge is 2.23. The maximum Gasteiger partial charge on any atom is 0.324 e. The van der Waals surface area contributed by atoms with Gasteiger partial charge in [-0.05, 0) is 19.5 Å². The smallest absolute Gasteiger partial charge is 0.324 e. The van der Waals surface area contributed by atoms with Crippen molar-refractivity contribution < 1.29 is 9.53 Å². The van der Waals surface area contributed by atoms with E-state index in [1.165, 1.54) is 7.11 Å². The summed E-state index contributed by atoms with van der Waals surface area (Å²) >= 11 is 0. The predicted octanol–water partition coefficient (Wildman–Crippen LogP) is 0.219. The number of nitrogens with two attached hydrogens (primary N) is 1. The van der Waals surface area contributed by atoms with Gasteiger partial charge in [0, 0.05) is 6.54 Å². The van der Waals surface area contributed by atoms with Crippen LogP contribution in [0, 0.1) is 0 Å². The van der Waals surface area contributed by atoms with Crippen LogP contribution in [-0.4, -0.2) is 43.7 Å². The van der Waals surface area contributed by atoms with E-state index in [0.29, 0.717) is 6.54 Å². The van der Waals surface area contributed by atoms with Gasteiger partial charge in [0.15, 0.2) is 0 Å². The molecule has 0 saturated heterocycles. The number of ether oxygens (including phenoxy) is 1. The maximum atomic E-state index is 11.3. The minimum atomic E-state index is -0.282. The molecular formula is C9H20N2O2. The molecule has 0 heterocycles. The average Bonchev–Trinajstić information content (AvgIpc) is 2.17. The Morgan fingerprint density at radius 1 is 1.54 bits per heavy atom. The fourth-order valence-corrected chi connectivity index (χ4v) is 1.35. The predicted molar refractivity (Wildman–Crippen MR) is 52.4 cm³/mol. The van der Waals surface area contributed by atoms with Crippen molar-refractivity contribution in [1.29, 1.82) is 0 Å². The van der Waals surface area contributed by atoms with E-state index in [4.69, 9.17) is 5.73 Å². The number of esters is 1. The molecule has 0 radical (unpaired) electrons. The monoisotopic (exact) mass is 188 g/mol. The largest absolute Gasteiger partial charge is 0.468 e. The second-order valence-electron chi connectivity index (χ2n) is 2.90. The highest BCUT2D eigenvalue weighted by molar-refractivity contribution is 5.75. The van der Waals surface area contributed by atoms with Crippen LogP contribution in [0.5, 0.6) is 0 Å². The van der Waals surface area contributed by atoms with Crippen LogP contribution >= 0.6 is 0 Å². The first-order chi connectivity index (χ1) is 6.21. The van der Waals surface area contributed by atoms with Gasteiger partial charge < -0.3 is 10.5 Å². The average molecular weight is 188 g/mol. The minimum Gasteiger partial charge on any atom is -0.468 e. The minimum absolute atomic E-state index is 0.238. The first-order valence-corrected chi connectivity index (χ1v) is 4.73. The summed E-state index contributed by atoms with van der Waals surface area (Å²) in [7, 11) is 1.39. The van der Waals surface area contributed by atoms with Gasteiger partial charge in [-0.1, -0.05) is 13.8 Å². The standard InChI is InChI=1S/C9H20N2O2/c1-4-6-11(5-2)8(7-10)9(12)13-3/h8H,4-7,10H2,1-3H3. The summed E-state index contributed by atoms with van der Waals surface area (Å²) in [5.41, 5.74) is 5.51. The molecule has 0 saturated carbocycles. The van der Waals surface area contributed by atoms with Crippen molar-refractivity contribution in [3.05, 3.63) is 0 Å². The van der Waals surface area contributed by atoms with Crippen LogP contribution < -0.4 is 5.73 Å². The first kappa shape index (κ1) is 12.4. The van der Waals surface area contributed by atoms with Crippen molar-refractivity contribution in [2.45, 2.75) is 26.3 Å². The molecule has 0 aliphatic heterocycles. The number of hydrogen-bond acceptors (Lipinski definition) is 4. The molecule has 0 aromatic heterocycles. The Morgan fingerprint density at radius 2 is 2.15 bits per heavy atom. The van der Waals surface area contributed by atoms with Crippen molar-refractivity contribution in [3.63, 3.8) is 0 Å². The first-order valence-electron chi connectivity index (χ1n) is 4.73. The zero-order valence-electron chi connectivity index (χ0n) is 8.75. The number of hydrogen-bond donors (Lipinski definition) is 1. The quantitative estimate of drug-likeness (QED) is 0.606. The molecule has 1 atom stereocenters. The summed E-state index contributed by atoms with van der Waals surface area (Å²) in [4.78, 5) is 13.3. The Bertz CT molecular complexity index is 151. The van der Waals surface area contributed by atoms with Gasteiger partial charge in [0.1, 0.15) is 6.04 Å². The molecule has 2 N–H and O–H groups in total. The lowest BCUT2D eigenvalue weighted by Crippen LogP contribution is -2.46. The number of methoxy groups -OCH3 is 1. The van der Waals surface area contributed by atoms with Crippen molar-refractivity contribution in [2.75, 3.05) is 26.7 Å². The summed E-state index contributed by atoms with van der Waals surface area (Å²) in [6, 6.07) is -0.282. The van der Waals surface area contributed by atoms with E-state index < -0.39 is 0 Å². The van der Waals surface area contributed by atoms with Crippen LogP contribution in [0.4, 0.5) is 0 Å². The van der Waals surface area contributed by atoms with Crippen molar-refractivity contribution in [2.24, 2.45) is 5.73 Å². The van der Waals surface area contributed by atoms with Crippen LogP contribution in [0.3, 0.4) is 0 Å². The number of carbonyl (C=O) groups is 1. The second-order valence-corrected chi connectivity index (χ2v) is 2.90. The summed E-state index contributed by atoms with van der Waals surface area (Å²) < 4.78 is 4.67. The molecule has 0 bridgehead atoms. The molecular weight excluding hydrogens is 168 g/mol. The molecule has 0 aliphatic rings. The molecule has 0 aromatic carbocycles. The molecule has 78 valence electrons. The number of carbonyl (C=O) groups excluding carboxylic acids is 1. The topological polar surface area (TPSA) is 55.6 Å². The van der Waals surface area contributed by atoms with E-state index in [-0.39, 0.29) is 12.0 Å². The Labute approximate surface area is 80.0 Å². The van der Waals surface area contributed by atoms with Crippen molar-refractivity contribution in [3.8, 4) is 0 Å². The van der Waals surface area contributed by atoms with Gasteiger partial charge in [0.05, 0.1) is 7.11 Å². The molecule has 4 heteroatoms. The summed E-state index contributed by atoms with van der Waals surface area (Å²) in [5.74, 6) is -0.238. The second kappa shape index (κ2) is 6.86. The third kappa shape index (κ3) is 3.74. The number of likely N-dealkylation sites (N-methyl/N-ethyl adjacent to an activating group) is 1. The van der Waals surface area contributed by atoms with Gasteiger partial charge in [-0.3, -0.25) is 9.69 Å². The van der Waals surface area contributed by atoms with Crippen LogP contribution in [0.15, 0.2) is 0 Å². The van der Waals surface area contributed by atoms with E-state index in [2.05, 4.69) is 11.7 Å². The van der Waals surface area contributed by atoms with Gasteiger partial charge in [-0.15, -0.1) is 0 Å². The van der Waals surface area contributed by atoms with Gasteiger partial charge >= 0.3 is 5.97 Å². The van der Waals surface area contributed by atoms with Crippen molar-refractivity contribution in [1.82, 2.24) is 4.90 Å². The molecule has 0 rings (SSSR count). The summed E-state index contributed by atoms with van der Waals surface area (Å²) in [5, 5.41) is 0.